The van der Waals surface area contributed by atoms with Gasteiger partial charge >= 0.3 is 0 Å². The van der Waals surface area contributed by atoms with Crippen LogP contribution in [0.25, 0.3) is 11.4 Å². The van der Waals surface area contributed by atoms with Crippen molar-refractivity contribution in [3.63, 3.8) is 0 Å². The highest BCUT2D eigenvalue weighted by Crippen LogP contribution is 2.27. The summed E-state index contributed by atoms with van der Waals surface area (Å²) < 4.78 is 10.9. The van der Waals surface area contributed by atoms with Crippen molar-refractivity contribution in [3.05, 3.63) is 60.2 Å². The van der Waals surface area contributed by atoms with Crippen LogP contribution in [-0.4, -0.2) is 45.6 Å². The first-order valence-electron chi connectivity index (χ1n) is 8.41. The molecule has 0 saturated carbocycles. The van der Waals surface area contributed by atoms with Crippen LogP contribution in [0.2, 0.25) is 0 Å². The van der Waals surface area contributed by atoms with Crippen LogP contribution in [-0.2, 0) is 4.79 Å². The second-order valence-electron chi connectivity index (χ2n) is 6.25. The third-order valence-corrected chi connectivity index (χ3v) is 4.39. The van der Waals surface area contributed by atoms with Crippen molar-refractivity contribution < 1.29 is 14.1 Å². The summed E-state index contributed by atoms with van der Waals surface area (Å²) >= 11 is 0. The minimum Gasteiger partial charge on any atom is -0.484 e. The molecular weight excluding hydrogens is 332 g/mol. The Labute approximate surface area is 150 Å². The van der Waals surface area contributed by atoms with E-state index >= 15 is 0 Å². The molecule has 1 amide bonds. The molecule has 0 aliphatic carbocycles. The van der Waals surface area contributed by atoms with Crippen molar-refractivity contribution in [2.75, 3.05) is 19.7 Å². The molecule has 0 N–H and O–H groups in total. The van der Waals surface area contributed by atoms with E-state index in [9.17, 15) is 4.79 Å². The number of benzene rings is 1. The summed E-state index contributed by atoms with van der Waals surface area (Å²) in [6.45, 7) is 3.10. The number of carbonyl (C=O) groups excluding carboxylic acids is 1. The number of aryl methyl sites for hydroxylation is 1. The number of pyridine rings is 1. The first-order valence-corrected chi connectivity index (χ1v) is 8.41. The highest BCUT2D eigenvalue weighted by atomic mass is 16.5. The summed E-state index contributed by atoms with van der Waals surface area (Å²) in [5.41, 5.74) is 1.82. The van der Waals surface area contributed by atoms with Gasteiger partial charge in [-0.25, -0.2) is 0 Å². The van der Waals surface area contributed by atoms with Gasteiger partial charge in [-0.1, -0.05) is 23.4 Å². The highest BCUT2D eigenvalue weighted by molar-refractivity contribution is 5.78. The lowest BCUT2D eigenvalue weighted by molar-refractivity contribution is -0.138. The predicted molar refractivity (Wildman–Crippen MR) is 93.5 cm³/mol. The first kappa shape index (κ1) is 16.3. The van der Waals surface area contributed by atoms with Crippen LogP contribution in [0.4, 0.5) is 0 Å². The number of hydrogen-bond donors (Lipinski definition) is 0. The van der Waals surface area contributed by atoms with Gasteiger partial charge in [0.05, 0.1) is 5.92 Å². The van der Waals surface area contributed by atoms with Gasteiger partial charge in [0.1, 0.15) is 5.75 Å². The Morgan fingerprint density at radius 2 is 2.12 bits per heavy atom. The molecule has 3 aromatic rings. The van der Waals surface area contributed by atoms with E-state index in [2.05, 4.69) is 15.1 Å². The molecule has 1 fully saturated rings. The molecule has 26 heavy (non-hydrogen) atoms. The minimum absolute atomic E-state index is 0.0301. The average molecular weight is 350 g/mol. The van der Waals surface area contributed by atoms with Gasteiger partial charge in [-0.05, 0) is 30.7 Å². The van der Waals surface area contributed by atoms with Crippen molar-refractivity contribution >= 4 is 5.91 Å². The lowest BCUT2D eigenvalue weighted by Crippen LogP contribution is -2.50. The zero-order chi connectivity index (χ0) is 17.9. The Balaban J connectivity index is 1.31. The van der Waals surface area contributed by atoms with Crippen molar-refractivity contribution in [1.29, 1.82) is 0 Å². The Bertz CT molecular complexity index is 904. The molecule has 4 rings (SSSR count). The van der Waals surface area contributed by atoms with Gasteiger partial charge in [0.15, 0.2) is 6.61 Å². The van der Waals surface area contributed by atoms with E-state index in [4.69, 9.17) is 9.26 Å². The number of rotatable bonds is 5. The zero-order valence-corrected chi connectivity index (χ0v) is 14.3. The number of carbonyl (C=O) groups is 1. The van der Waals surface area contributed by atoms with Crippen LogP contribution in [0.3, 0.4) is 0 Å². The molecule has 0 atom stereocenters. The lowest BCUT2D eigenvalue weighted by Gasteiger charge is -2.36. The molecule has 0 bridgehead atoms. The number of likely N-dealkylation sites (tertiary alicyclic amines) is 1. The maximum atomic E-state index is 12.2. The summed E-state index contributed by atoms with van der Waals surface area (Å²) in [6, 6.07) is 11.3. The van der Waals surface area contributed by atoms with Gasteiger partial charge in [0.2, 0.25) is 11.7 Å². The molecule has 1 saturated heterocycles. The number of aromatic nitrogens is 3. The van der Waals surface area contributed by atoms with E-state index in [0.29, 0.717) is 24.8 Å². The number of para-hydroxylation sites is 1. The molecule has 0 spiro atoms. The topological polar surface area (TPSA) is 81.4 Å². The zero-order valence-electron chi connectivity index (χ0n) is 14.3. The van der Waals surface area contributed by atoms with Crippen LogP contribution in [0, 0.1) is 6.92 Å². The summed E-state index contributed by atoms with van der Waals surface area (Å²) in [5, 5.41) is 3.99. The fourth-order valence-corrected chi connectivity index (χ4v) is 2.80. The molecule has 0 radical (unpaired) electrons. The summed E-state index contributed by atoms with van der Waals surface area (Å²) in [4.78, 5) is 22.4. The molecule has 3 heterocycles. The third-order valence-electron chi connectivity index (χ3n) is 4.39. The largest absolute Gasteiger partial charge is 0.484 e. The van der Waals surface area contributed by atoms with E-state index in [1.165, 1.54) is 0 Å². The van der Waals surface area contributed by atoms with E-state index < -0.39 is 0 Å². The fraction of sp³-hybridized carbons (Fsp3) is 0.263. The quantitative estimate of drug-likeness (QED) is 0.703. The normalized spacial score (nSPS) is 14.1. The second-order valence-corrected chi connectivity index (χ2v) is 6.25. The average Bonchev–Trinajstić information content (AvgIpc) is 3.10. The smallest absolute Gasteiger partial charge is 0.260 e. The summed E-state index contributed by atoms with van der Waals surface area (Å²) in [6.07, 6.45) is 3.38. The Hall–Kier alpha value is -3.22. The van der Waals surface area contributed by atoms with Gasteiger partial charge < -0.3 is 14.2 Å². The van der Waals surface area contributed by atoms with Crippen molar-refractivity contribution in [3.8, 4) is 17.1 Å². The van der Waals surface area contributed by atoms with Gasteiger partial charge in [0, 0.05) is 31.0 Å². The summed E-state index contributed by atoms with van der Waals surface area (Å²) in [5.74, 6) is 1.82. The SMILES string of the molecule is Cc1ccccc1OCC(=O)N1CC(c2nc(-c3cccnc3)no2)C1. The van der Waals surface area contributed by atoms with Gasteiger partial charge in [-0.3, -0.25) is 9.78 Å². The van der Waals surface area contributed by atoms with E-state index in [-0.39, 0.29) is 18.4 Å². The van der Waals surface area contributed by atoms with Gasteiger partial charge in [0.25, 0.3) is 5.91 Å². The Morgan fingerprint density at radius 3 is 2.88 bits per heavy atom. The van der Waals surface area contributed by atoms with Crippen LogP contribution in [0.5, 0.6) is 5.75 Å². The van der Waals surface area contributed by atoms with E-state index in [1.807, 2.05) is 43.3 Å². The number of amides is 1. The lowest BCUT2D eigenvalue weighted by atomic mass is 10.0. The molecule has 7 nitrogen and oxygen atoms in total. The fourth-order valence-electron chi connectivity index (χ4n) is 2.80. The summed E-state index contributed by atoms with van der Waals surface area (Å²) in [7, 11) is 0. The molecule has 2 aromatic heterocycles. The number of ether oxygens (including phenoxy) is 1. The Morgan fingerprint density at radius 1 is 1.27 bits per heavy atom. The molecule has 1 aliphatic heterocycles. The van der Waals surface area contributed by atoms with Crippen molar-refractivity contribution in [1.82, 2.24) is 20.0 Å². The molecule has 1 aromatic carbocycles. The monoisotopic (exact) mass is 350 g/mol. The standard InChI is InChI=1S/C19H18N4O3/c1-13-5-2-3-7-16(13)25-12-17(24)23-10-15(11-23)19-21-18(22-26-19)14-6-4-8-20-9-14/h2-9,15H,10-12H2,1H3. The maximum absolute atomic E-state index is 12.2. The number of nitrogens with zero attached hydrogens (tertiary/aromatic N) is 4. The van der Waals surface area contributed by atoms with Crippen molar-refractivity contribution in [2.24, 2.45) is 0 Å². The molecule has 132 valence electrons. The maximum Gasteiger partial charge on any atom is 0.260 e. The number of hydrogen-bond acceptors (Lipinski definition) is 6. The third kappa shape index (κ3) is 3.28. The highest BCUT2D eigenvalue weighted by Gasteiger charge is 2.35. The predicted octanol–water partition coefficient (Wildman–Crippen LogP) is 2.44. The van der Waals surface area contributed by atoms with Crippen molar-refractivity contribution in [2.45, 2.75) is 12.8 Å². The first-order chi connectivity index (χ1) is 12.7. The molecule has 0 unspecified atom stereocenters. The molecule has 1 aliphatic rings. The van der Waals surface area contributed by atoms with Crippen LogP contribution in [0.1, 0.15) is 17.4 Å². The van der Waals surface area contributed by atoms with Crippen LogP contribution >= 0.6 is 0 Å². The molecular formula is C19H18N4O3. The Kier molecular flexibility index (Phi) is 4.35. The van der Waals surface area contributed by atoms with E-state index in [0.717, 1.165) is 16.9 Å². The molecule has 7 heteroatoms. The van der Waals surface area contributed by atoms with E-state index in [1.54, 1.807) is 17.3 Å². The van der Waals surface area contributed by atoms with Gasteiger partial charge in [-0.15, -0.1) is 0 Å². The van der Waals surface area contributed by atoms with Crippen LogP contribution < -0.4 is 4.74 Å². The minimum atomic E-state index is -0.0449. The van der Waals surface area contributed by atoms with Crippen LogP contribution in [0.15, 0.2) is 53.3 Å². The second kappa shape index (κ2) is 6.95. The van der Waals surface area contributed by atoms with Gasteiger partial charge in [-0.2, -0.15) is 4.98 Å².